The van der Waals surface area contributed by atoms with Gasteiger partial charge in [-0.25, -0.2) is 4.79 Å². The molecule has 0 fully saturated rings. The Morgan fingerprint density at radius 2 is 2.17 bits per heavy atom. The summed E-state index contributed by atoms with van der Waals surface area (Å²) in [6.07, 6.45) is 3.91. The number of aliphatic carboxylic acids is 1. The Morgan fingerprint density at radius 3 is 2.67 bits per heavy atom. The lowest BCUT2D eigenvalue weighted by Crippen LogP contribution is -2.27. The molecule has 0 saturated carbocycles. The molecule has 0 spiro atoms. The Hall–Kier alpha value is -2.17. The highest BCUT2D eigenvalue weighted by atomic mass is 16.4. The average molecular weight is 248 g/mol. The van der Waals surface area contributed by atoms with Gasteiger partial charge in [0.1, 0.15) is 5.69 Å². The van der Waals surface area contributed by atoms with Crippen LogP contribution in [-0.4, -0.2) is 28.5 Å². The van der Waals surface area contributed by atoms with Gasteiger partial charge in [0.2, 0.25) is 0 Å². The van der Waals surface area contributed by atoms with Crippen LogP contribution in [0.4, 0.5) is 0 Å². The lowest BCUT2D eigenvalue weighted by Gasteiger charge is -2.06. The molecule has 1 aromatic heterocycles. The van der Waals surface area contributed by atoms with Crippen molar-refractivity contribution < 1.29 is 14.7 Å². The normalized spacial score (nSPS) is 10.8. The molecule has 0 aromatic carbocycles. The molecule has 0 atom stereocenters. The fraction of sp³-hybridized carbons (Fsp3) is 0.308. The van der Waals surface area contributed by atoms with Crippen molar-refractivity contribution in [3.05, 3.63) is 35.7 Å². The summed E-state index contributed by atoms with van der Waals surface area (Å²) in [5.41, 5.74) is 0.959. The molecule has 0 saturated heterocycles. The molecule has 96 valence electrons. The first-order chi connectivity index (χ1) is 8.49. The molecule has 5 heteroatoms. The Balaban J connectivity index is 2.65. The maximum Gasteiger partial charge on any atom is 0.328 e. The fourth-order valence-electron chi connectivity index (χ4n) is 1.19. The highest BCUT2D eigenvalue weighted by molar-refractivity contribution is 5.92. The number of nitrogens with zero attached hydrogens (tertiary/aromatic N) is 1. The van der Waals surface area contributed by atoms with Gasteiger partial charge in [-0.15, -0.1) is 0 Å². The number of pyridine rings is 1. The summed E-state index contributed by atoms with van der Waals surface area (Å²) < 4.78 is 0. The number of hydrogen-bond donors (Lipinski definition) is 2. The van der Waals surface area contributed by atoms with Crippen LogP contribution in [-0.2, 0) is 4.79 Å². The van der Waals surface area contributed by atoms with Crippen molar-refractivity contribution in [2.75, 3.05) is 6.54 Å². The maximum absolute atomic E-state index is 11.6. The van der Waals surface area contributed by atoms with E-state index in [4.69, 9.17) is 5.11 Å². The number of nitrogens with one attached hydrogen (secondary N) is 1. The van der Waals surface area contributed by atoms with E-state index < -0.39 is 5.97 Å². The van der Waals surface area contributed by atoms with Gasteiger partial charge in [-0.2, -0.15) is 0 Å². The van der Waals surface area contributed by atoms with Crippen molar-refractivity contribution in [1.29, 1.82) is 0 Å². The first-order valence-corrected chi connectivity index (χ1v) is 5.64. The van der Waals surface area contributed by atoms with Crippen LogP contribution in [0, 0.1) is 5.92 Å². The largest absolute Gasteiger partial charge is 0.478 e. The van der Waals surface area contributed by atoms with Crippen molar-refractivity contribution in [2.45, 2.75) is 13.8 Å². The number of carbonyl (C=O) groups excluding carboxylic acids is 1. The number of rotatable bonds is 5. The number of hydrogen-bond acceptors (Lipinski definition) is 3. The van der Waals surface area contributed by atoms with Crippen molar-refractivity contribution in [3.63, 3.8) is 0 Å². The first-order valence-electron chi connectivity index (χ1n) is 5.64. The summed E-state index contributed by atoms with van der Waals surface area (Å²) in [5.74, 6) is -0.863. The number of carbonyl (C=O) groups is 2. The first kappa shape index (κ1) is 13.9. The van der Waals surface area contributed by atoms with Gasteiger partial charge < -0.3 is 10.4 Å². The van der Waals surface area contributed by atoms with E-state index in [-0.39, 0.29) is 5.91 Å². The summed E-state index contributed by atoms with van der Waals surface area (Å²) in [4.78, 5) is 25.9. The van der Waals surface area contributed by atoms with Crippen LogP contribution < -0.4 is 5.32 Å². The second-order valence-electron chi connectivity index (χ2n) is 4.25. The van der Waals surface area contributed by atoms with Crippen LogP contribution in [0.5, 0.6) is 0 Å². The number of amides is 1. The Kier molecular flexibility index (Phi) is 5.05. The molecular weight excluding hydrogens is 232 g/mol. The summed E-state index contributed by atoms with van der Waals surface area (Å²) in [6.45, 7) is 4.61. The predicted octanol–water partition coefficient (Wildman–Crippen LogP) is 1.57. The molecule has 1 rings (SSSR count). The molecule has 2 N–H and O–H groups in total. The minimum Gasteiger partial charge on any atom is -0.478 e. The molecular formula is C13H16N2O3. The van der Waals surface area contributed by atoms with E-state index in [9.17, 15) is 9.59 Å². The van der Waals surface area contributed by atoms with E-state index >= 15 is 0 Å². The topological polar surface area (TPSA) is 79.3 Å². The Bertz CT molecular complexity index is 450. The van der Waals surface area contributed by atoms with E-state index in [0.29, 0.717) is 23.7 Å². The minimum absolute atomic E-state index is 0.225. The molecule has 1 heterocycles. The lowest BCUT2D eigenvalue weighted by atomic mass is 10.2. The van der Waals surface area contributed by atoms with Crippen LogP contribution >= 0.6 is 0 Å². The summed E-state index contributed by atoms with van der Waals surface area (Å²) in [5, 5.41) is 11.2. The third-order valence-corrected chi connectivity index (χ3v) is 2.11. The van der Waals surface area contributed by atoms with Gasteiger partial charge in [0, 0.05) is 18.8 Å². The van der Waals surface area contributed by atoms with Crippen molar-refractivity contribution in [2.24, 2.45) is 5.92 Å². The van der Waals surface area contributed by atoms with Crippen LogP contribution in [0.15, 0.2) is 24.4 Å². The molecule has 0 aliphatic rings. The van der Waals surface area contributed by atoms with Crippen LogP contribution in [0.1, 0.15) is 29.9 Å². The minimum atomic E-state index is -1.02. The standard InChI is InChI=1S/C13H16N2O3/c1-9(2)7-15-13(18)11-5-3-10(8-14-11)4-6-12(16)17/h3-6,8-9H,7H2,1-2H3,(H,15,18)(H,16,17). The average Bonchev–Trinajstić information content (AvgIpc) is 2.34. The smallest absolute Gasteiger partial charge is 0.328 e. The van der Waals surface area contributed by atoms with E-state index in [1.165, 1.54) is 12.3 Å². The molecule has 0 bridgehead atoms. The van der Waals surface area contributed by atoms with Crippen LogP contribution in [0.3, 0.4) is 0 Å². The molecule has 1 amide bonds. The number of carboxylic acids is 1. The molecule has 0 aliphatic heterocycles. The lowest BCUT2D eigenvalue weighted by molar-refractivity contribution is -0.131. The summed E-state index contributed by atoms with van der Waals surface area (Å²) in [7, 11) is 0. The number of aromatic nitrogens is 1. The van der Waals surface area contributed by atoms with Gasteiger partial charge in [0.25, 0.3) is 5.91 Å². The quantitative estimate of drug-likeness (QED) is 0.775. The number of carboxylic acid groups (broad SMARTS) is 1. The Morgan fingerprint density at radius 1 is 1.44 bits per heavy atom. The van der Waals surface area contributed by atoms with Gasteiger partial charge in [-0.05, 0) is 23.6 Å². The Labute approximate surface area is 106 Å². The third-order valence-electron chi connectivity index (χ3n) is 2.11. The van der Waals surface area contributed by atoms with E-state index in [0.717, 1.165) is 6.08 Å². The summed E-state index contributed by atoms with van der Waals surface area (Å²) >= 11 is 0. The maximum atomic E-state index is 11.6. The molecule has 1 aromatic rings. The van der Waals surface area contributed by atoms with Crippen molar-refractivity contribution in [3.8, 4) is 0 Å². The second kappa shape index (κ2) is 6.54. The van der Waals surface area contributed by atoms with Gasteiger partial charge >= 0.3 is 5.97 Å². The van der Waals surface area contributed by atoms with E-state index in [1.807, 2.05) is 13.8 Å². The zero-order valence-corrected chi connectivity index (χ0v) is 10.4. The van der Waals surface area contributed by atoms with Crippen molar-refractivity contribution >= 4 is 18.0 Å². The predicted molar refractivity (Wildman–Crippen MR) is 68.1 cm³/mol. The zero-order valence-electron chi connectivity index (χ0n) is 10.4. The van der Waals surface area contributed by atoms with Crippen LogP contribution in [0.25, 0.3) is 6.08 Å². The highest BCUT2D eigenvalue weighted by Gasteiger charge is 2.06. The highest BCUT2D eigenvalue weighted by Crippen LogP contribution is 2.03. The second-order valence-corrected chi connectivity index (χ2v) is 4.25. The van der Waals surface area contributed by atoms with Gasteiger partial charge in [0.15, 0.2) is 0 Å². The van der Waals surface area contributed by atoms with E-state index in [2.05, 4.69) is 10.3 Å². The fourth-order valence-corrected chi connectivity index (χ4v) is 1.19. The molecule has 0 aliphatic carbocycles. The van der Waals surface area contributed by atoms with Gasteiger partial charge in [0.05, 0.1) is 0 Å². The molecule has 0 radical (unpaired) electrons. The molecule has 5 nitrogen and oxygen atoms in total. The van der Waals surface area contributed by atoms with E-state index in [1.54, 1.807) is 12.1 Å². The monoisotopic (exact) mass is 248 g/mol. The van der Waals surface area contributed by atoms with Gasteiger partial charge in [-0.1, -0.05) is 19.9 Å². The molecule has 18 heavy (non-hydrogen) atoms. The van der Waals surface area contributed by atoms with Crippen LogP contribution in [0.2, 0.25) is 0 Å². The summed E-state index contributed by atoms with van der Waals surface area (Å²) in [6, 6.07) is 3.22. The van der Waals surface area contributed by atoms with Crippen molar-refractivity contribution in [1.82, 2.24) is 10.3 Å². The SMILES string of the molecule is CC(C)CNC(=O)c1ccc(C=CC(=O)O)cn1. The zero-order chi connectivity index (χ0) is 13.5. The third kappa shape index (κ3) is 4.78. The molecule has 0 unspecified atom stereocenters. The van der Waals surface area contributed by atoms with Gasteiger partial charge in [-0.3, -0.25) is 9.78 Å².